The number of carbonyl (C=O) groups excluding carboxylic acids is 3. The second-order valence-corrected chi connectivity index (χ2v) is 8.97. The van der Waals surface area contributed by atoms with Crippen molar-refractivity contribution in [3.63, 3.8) is 0 Å². The molecular weight excluding hydrogens is 385 g/mol. The summed E-state index contributed by atoms with van der Waals surface area (Å²) in [5, 5.41) is 12.6. The van der Waals surface area contributed by atoms with Crippen LogP contribution in [0.15, 0.2) is 0 Å². The van der Waals surface area contributed by atoms with Crippen molar-refractivity contribution in [3.05, 3.63) is 0 Å². The molecule has 0 aromatic rings. The van der Waals surface area contributed by atoms with E-state index in [2.05, 4.69) is 5.32 Å². The van der Waals surface area contributed by atoms with Gasteiger partial charge in [-0.1, -0.05) is 0 Å². The van der Waals surface area contributed by atoms with Gasteiger partial charge in [-0.2, -0.15) is 0 Å². The maximum Gasteiger partial charge on any atom is 0.328 e. The van der Waals surface area contributed by atoms with E-state index in [4.69, 9.17) is 10.6 Å². The number of carbonyl (C=O) groups is 4. The minimum atomic E-state index is -1.90. The first-order valence-electron chi connectivity index (χ1n) is 9.62. The molecule has 29 heavy (non-hydrogen) atoms. The van der Waals surface area contributed by atoms with E-state index in [9.17, 15) is 28.7 Å². The standard InChI is InChI=1S/C19H32FN3O6/c1-18(2,3)29-17(28)12(10-19(4,5)20)15(25)23(21)13(16(26)27)9-11-7-6-8-22-14(11)24/h11-13H,6-10,21H2,1-5H3,(H,22,24)(H,26,27). The van der Waals surface area contributed by atoms with Crippen molar-refractivity contribution >= 4 is 23.8 Å². The van der Waals surface area contributed by atoms with Crippen molar-refractivity contribution in [1.82, 2.24) is 10.3 Å². The van der Waals surface area contributed by atoms with Crippen LogP contribution in [0.2, 0.25) is 0 Å². The van der Waals surface area contributed by atoms with Gasteiger partial charge in [0.05, 0.1) is 0 Å². The van der Waals surface area contributed by atoms with E-state index in [1.807, 2.05) is 0 Å². The Labute approximate surface area is 170 Å². The number of alkyl halides is 1. The average molecular weight is 417 g/mol. The van der Waals surface area contributed by atoms with Crippen LogP contribution in [-0.2, 0) is 23.9 Å². The van der Waals surface area contributed by atoms with E-state index in [1.54, 1.807) is 20.8 Å². The molecule has 10 heteroatoms. The van der Waals surface area contributed by atoms with E-state index in [0.29, 0.717) is 24.4 Å². The molecule has 0 spiro atoms. The topological polar surface area (TPSA) is 139 Å². The lowest BCUT2D eigenvalue weighted by Crippen LogP contribution is -2.55. The van der Waals surface area contributed by atoms with Crippen molar-refractivity contribution in [2.24, 2.45) is 17.7 Å². The molecule has 0 aliphatic carbocycles. The molecule has 4 N–H and O–H groups in total. The van der Waals surface area contributed by atoms with Crippen molar-refractivity contribution in [3.8, 4) is 0 Å². The van der Waals surface area contributed by atoms with E-state index in [0.717, 1.165) is 0 Å². The summed E-state index contributed by atoms with van der Waals surface area (Å²) in [5.74, 6) is -0.215. The number of esters is 1. The predicted octanol–water partition coefficient (Wildman–Crippen LogP) is 1.15. The van der Waals surface area contributed by atoms with Gasteiger partial charge in [0, 0.05) is 18.9 Å². The summed E-state index contributed by atoms with van der Waals surface area (Å²) < 4.78 is 19.5. The first-order chi connectivity index (χ1) is 13.1. The smallest absolute Gasteiger partial charge is 0.328 e. The Morgan fingerprint density at radius 1 is 1.31 bits per heavy atom. The highest BCUT2D eigenvalue weighted by Crippen LogP contribution is 2.26. The third-order valence-corrected chi connectivity index (χ3v) is 4.46. The zero-order valence-corrected chi connectivity index (χ0v) is 17.7. The van der Waals surface area contributed by atoms with Gasteiger partial charge in [0.25, 0.3) is 5.91 Å². The zero-order valence-electron chi connectivity index (χ0n) is 17.7. The molecule has 3 unspecified atom stereocenters. The zero-order chi connectivity index (χ0) is 22.6. The lowest BCUT2D eigenvalue weighted by Gasteiger charge is -2.32. The molecule has 0 bridgehead atoms. The minimum absolute atomic E-state index is 0.205. The summed E-state index contributed by atoms with van der Waals surface area (Å²) >= 11 is 0. The molecule has 0 aromatic heterocycles. The number of piperidine rings is 1. The van der Waals surface area contributed by atoms with Gasteiger partial charge in [0.1, 0.15) is 23.2 Å². The van der Waals surface area contributed by atoms with Gasteiger partial charge in [0.15, 0.2) is 0 Å². The Kier molecular flexibility index (Phi) is 8.14. The third kappa shape index (κ3) is 7.96. The van der Waals surface area contributed by atoms with Gasteiger partial charge in [0.2, 0.25) is 5.91 Å². The number of hydrogen-bond acceptors (Lipinski definition) is 6. The molecular formula is C19H32FN3O6. The Hall–Kier alpha value is -2.23. The van der Waals surface area contributed by atoms with E-state index >= 15 is 0 Å². The molecule has 0 saturated carbocycles. The second kappa shape index (κ2) is 9.51. The molecule has 0 aromatic carbocycles. The van der Waals surface area contributed by atoms with E-state index in [1.165, 1.54) is 13.8 Å². The van der Waals surface area contributed by atoms with Crippen molar-refractivity contribution < 1.29 is 33.4 Å². The summed E-state index contributed by atoms with van der Waals surface area (Å²) in [6, 6.07) is -1.54. The average Bonchev–Trinajstić information content (AvgIpc) is 2.55. The fourth-order valence-electron chi connectivity index (χ4n) is 3.13. The Balaban J connectivity index is 3.07. The number of amides is 2. The maximum atomic E-state index is 14.3. The molecule has 1 saturated heterocycles. The monoisotopic (exact) mass is 417 g/mol. The quantitative estimate of drug-likeness (QED) is 0.177. The van der Waals surface area contributed by atoms with Gasteiger partial charge < -0.3 is 15.2 Å². The Morgan fingerprint density at radius 2 is 1.90 bits per heavy atom. The summed E-state index contributed by atoms with van der Waals surface area (Å²) in [4.78, 5) is 49.1. The van der Waals surface area contributed by atoms with Gasteiger partial charge in [-0.25, -0.2) is 15.0 Å². The fraction of sp³-hybridized carbons (Fsp3) is 0.789. The lowest BCUT2D eigenvalue weighted by molar-refractivity contribution is -0.170. The van der Waals surface area contributed by atoms with Gasteiger partial charge in [-0.3, -0.25) is 19.4 Å². The van der Waals surface area contributed by atoms with Crippen LogP contribution in [0.3, 0.4) is 0 Å². The van der Waals surface area contributed by atoms with Crippen LogP contribution in [0.5, 0.6) is 0 Å². The first-order valence-corrected chi connectivity index (χ1v) is 9.62. The highest BCUT2D eigenvalue weighted by Gasteiger charge is 2.42. The molecule has 1 fully saturated rings. The highest BCUT2D eigenvalue weighted by atomic mass is 19.1. The number of halogens is 1. The summed E-state index contributed by atoms with van der Waals surface area (Å²) in [6.45, 7) is 7.67. The minimum Gasteiger partial charge on any atom is -0.480 e. The number of ether oxygens (including phenoxy) is 1. The van der Waals surface area contributed by atoms with Gasteiger partial charge in [-0.05, 0) is 53.9 Å². The summed E-state index contributed by atoms with van der Waals surface area (Å²) in [7, 11) is 0. The van der Waals surface area contributed by atoms with Crippen LogP contribution < -0.4 is 11.2 Å². The second-order valence-electron chi connectivity index (χ2n) is 8.97. The predicted molar refractivity (Wildman–Crippen MR) is 102 cm³/mol. The van der Waals surface area contributed by atoms with E-state index in [-0.39, 0.29) is 12.3 Å². The summed E-state index contributed by atoms with van der Waals surface area (Å²) in [5.41, 5.74) is -2.83. The third-order valence-electron chi connectivity index (χ3n) is 4.46. The number of rotatable bonds is 8. The highest BCUT2D eigenvalue weighted by molar-refractivity contribution is 5.99. The van der Waals surface area contributed by atoms with E-state index < -0.39 is 53.4 Å². The van der Waals surface area contributed by atoms with Crippen LogP contribution in [0, 0.1) is 11.8 Å². The number of hydrazine groups is 1. The SMILES string of the molecule is CC(C)(F)CC(C(=O)OC(C)(C)C)C(=O)N(N)C(CC1CCCNC1=O)C(=O)O. The molecule has 166 valence electrons. The van der Waals surface area contributed by atoms with Crippen molar-refractivity contribution in [1.29, 1.82) is 0 Å². The molecule has 1 aliphatic rings. The molecule has 1 heterocycles. The molecule has 1 rings (SSSR count). The Bertz CT molecular complexity index is 641. The van der Waals surface area contributed by atoms with Gasteiger partial charge >= 0.3 is 11.9 Å². The van der Waals surface area contributed by atoms with Crippen LogP contribution >= 0.6 is 0 Å². The fourth-order valence-corrected chi connectivity index (χ4v) is 3.13. The first kappa shape index (κ1) is 24.8. The number of aliphatic carboxylic acids is 1. The largest absolute Gasteiger partial charge is 0.480 e. The van der Waals surface area contributed by atoms with Crippen LogP contribution in [-0.4, -0.2) is 57.7 Å². The number of nitrogens with zero attached hydrogens (tertiary/aromatic N) is 1. The van der Waals surface area contributed by atoms with Gasteiger partial charge in [-0.15, -0.1) is 0 Å². The number of hydrogen-bond donors (Lipinski definition) is 3. The molecule has 1 aliphatic heterocycles. The Morgan fingerprint density at radius 3 is 2.34 bits per heavy atom. The van der Waals surface area contributed by atoms with Crippen LogP contribution in [0.4, 0.5) is 4.39 Å². The number of nitrogens with one attached hydrogen (secondary N) is 1. The van der Waals surface area contributed by atoms with Crippen LogP contribution in [0.1, 0.15) is 60.3 Å². The van der Waals surface area contributed by atoms with Crippen molar-refractivity contribution in [2.45, 2.75) is 77.6 Å². The number of carboxylic acids is 1. The molecule has 9 nitrogen and oxygen atoms in total. The normalized spacial score (nSPS) is 19.7. The molecule has 2 amide bonds. The molecule has 3 atom stereocenters. The lowest BCUT2D eigenvalue weighted by atomic mass is 9.90. The molecule has 0 radical (unpaired) electrons. The number of carboxylic acid groups (broad SMARTS) is 1. The number of nitrogens with two attached hydrogens (primary N) is 1. The van der Waals surface area contributed by atoms with Crippen molar-refractivity contribution in [2.75, 3.05) is 6.54 Å². The van der Waals surface area contributed by atoms with Crippen LogP contribution in [0.25, 0.3) is 0 Å². The summed E-state index contributed by atoms with van der Waals surface area (Å²) in [6.07, 6.45) is 0.413. The maximum absolute atomic E-state index is 14.3.